The van der Waals surface area contributed by atoms with Crippen molar-refractivity contribution in [3.63, 3.8) is 0 Å². The Bertz CT molecular complexity index is 726. The van der Waals surface area contributed by atoms with Crippen molar-refractivity contribution in [2.45, 2.75) is 29.5 Å². The second-order valence-corrected chi connectivity index (χ2v) is 6.82. The number of nitrogens with zero attached hydrogens (tertiary/aromatic N) is 3. The molecule has 3 rings (SSSR count). The number of hydrogen-bond donors (Lipinski definition) is 2. The predicted molar refractivity (Wildman–Crippen MR) is 97.7 cm³/mol. The van der Waals surface area contributed by atoms with E-state index in [4.69, 9.17) is 0 Å². The Hall–Kier alpha value is -2.42. The minimum Gasteiger partial charge on any atom is -0.341 e. The summed E-state index contributed by atoms with van der Waals surface area (Å²) < 4.78 is 25.2. The smallest absolute Gasteiger partial charge is 0.319 e. The number of aromatic nitrogens is 2. The fourth-order valence-corrected chi connectivity index (χ4v) is 3.39. The Morgan fingerprint density at radius 1 is 1.15 bits per heavy atom. The second kappa shape index (κ2) is 8.79. The van der Waals surface area contributed by atoms with Gasteiger partial charge < -0.3 is 15.5 Å². The first-order valence-corrected chi connectivity index (χ1v) is 9.13. The summed E-state index contributed by atoms with van der Waals surface area (Å²) in [6.07, 6.45) is 4.93. The van der Waals surface area contributed by atoms with Crippen molar-refractivity contribution < 1.29 is 13.6 Å². The molecule has 9 heteroatoms. The highest BCUT2D eigenvalue weighted by Crippen LogP contribution is 2.31. The molecule has 6 nitrogen and oxygen atoms in total. The molecule has 0 unspecified atom stereocenters. The first kappa shape index (κ1) is 18.4. The maximum absolute atomic E-state index is 12.6. The number of nitrogens with one attached hydrogen (secondary N) is 2. The fraction of sp³-hybridized carbons (Fsp3) is 0.353. The molecule has 1 aliphatic rings. The van der Waals surface area contributed by atoms with Crippen LogP contribution >= 0.6 is 11.8 Å². The van der Waals surface area contributed by atoms with Crippen molar-refractivity contribution in [3.05, 3.63) is 42.7 Å². The third kappa shape index (κ3) is 5.04. The Morgan fingerprint density at radius 3 is 2.54 bits per heavy atom. The number of anilines is 2. The summed E-state index contributed by atoms with van der Waals surface area (Å²) in [6, 6.07) is 7.93. The summed E-state index contributed by atoms with van der Waals surface area (Å²) in [5.74, 6) is -1.85. The maximum atomic E-state index is 12.6. The van der Waals surface area contributed by atoms with Crippen molar-refractivity contribution >= 4 is 29.4 Å². The molecule has 1 fully saturated rings. The number of amides is 2. The number of piperidine rings is 1. The van der Waals surface area contributed by atoms with Crippen LogP contribution in [0, 0.1) is 0 Å². The first-order chi connectivity index (χ1) is 12.6. The highest BCUT2D eigenvalue weighted by atomic mass is 32.2. The molecule has 0 saturated carbocycles. The number of carbonyl (C=O) groups excluding carboxylic acids is 1. The van der Waals surface area contributed by atoms with Crippen molar-refractivity contribution in [1.29, 1.82) is 0 Å². The van der Waals surface area contributed by atoms with E-state index in [1.165, 1.54) is 0 Å². The number of thioether (sulfide) groups is 1. The van der Waals surface area contributed by atoms with Crippen molar-refractivity contribution in [1.82, 2.24) is 15.3 Å². The van der Waals surface area contributed by atoms with Crippen LogP contribution in [-0.2, 0) is 0 Å². The summed E-state index contributed by atoms with van der Waals surface area (Å²) in [7, 11) is 0. The van der Waals surface area contributed by atoms with Gasteiger partial charge in [0.15, 0.2) is 0 Å². The van der Waals surface area contributed by atoms with E-state index in [9.17, 15) is 13.6 Å². The topological polar surface area (TPSA) is 70.2 Å². The molecule has 0 aliphatic carbocycles. The van der Waals surface area contributed by atoms with Gasteiger partial charge in [0.05, 0.1) is 5.69 Å². The number of urea groups is 1. The number of rotatable bonds is 5. The summed E-state index contributed by atoms with van der Waals surface area (Å²) in [5.41, 5.74) is 0.380. The van der Waals surface area contributed by atoms with Crippen LogP contribution in [0.1, 0.15) is 12.8 Å². The summed E-state index contributed by atoms with van der Waals surface area (Å²) >= 11 is 0.415. The molecule has 1 aliphatic heterocycles. The Balaban J connectivity index is 1.51. The number of para-hydroxylation sites is 1. The van der Waals surface area contributed by atoms with Crippen LogP contribution in [0.4, 0.5) is 25.2 Å². The van der Waals surface area contributed by atoms with Gasteiger partial charge in [-0.3, -0.25) is 0 Å². The lowest BCUT2D eigenvalue weighted by atomic mass is 10.1. The van der Waals surface area contributed by atoms with E-state index in [1.54, 1.807) is 42.7 Å². The maximum Gasteiger partial charge on any atom is 0.319 e. The summed E-state index contributed by atoms with van der Waals surface area (Å²) in [4.78, 5) is 23.1. The molecular weight excluding hydrogens is 360 g/mol. The monoisotopic (exact) mass is 379 g/mol. The Labute approximate surface area is 154 Å². The number of alkyl halides is 2. The molecule has 1 saturated heterocycles. The second-order valence-electron chi connectivity index (χ2n) is 5.78. The molecule has 2 amide bonds. The Morgan fingerprint density at radius 2 is 1.85 bits per heavy atom. The van der Waals surface area contributed by atoms with Crippen LogP contribution in [0.2, 0.25) is 0 Å². The van der Waals surface area contributed by atoms with Crippen LogP contribution in [0.25, 0.3) is 0 Å². The molecule has 0 spiro atoms. The number of hydrogen-bond acceptors (Lipinski definition) is 5. The van der Waals surface area contributed by atoms with E-state index in [0.29, 0.717) is 28.3 Å². The number of halogens is 2. The molecule has 2 aromatic rings. The minimum atomic E-state index is -2.54. The number of carbonyl (C=O) groups is 1. The zero-order chi connectivity index (χ0) is 18.4. The lowest BCUT2D eigenvalue weighted by Crippen LogP contribution is -2.46. The first-order valence-electron chi connectivity index (χ1n) is 8.25. The molecule has 138 valence electrons. The van der Waals surface area contributed by atoms with E-state index < -0.39 is 5.76 Å². The largest absolute Gasteiger partial charge is 0.341 e. The van der Waals surface area contributed by atoms with E-state index in [1.807, 2.05) is 0 Å². The van der Waals surface area contributed by atoms with E-state index >= 15 is 0 Å². The van der Waals surface area contributed by atoms with Crippen LogP contribution in [-0.4, -0.2) is 40.9 Å². The SMILES string of the molecule is O=C(Nc1ccccc1SC(F)F)NC1CCN(c2ncccn2)CC1. The van der Waals surface area contributed by atoms with Crippen molar-refractivity contribution in [2.24, 2.45) is 0 Å². The average Bonchev–Trinajstić information content (AvgIpc) is 2.64. The van der Waals surface area contributed by atoms with Gasteiger partial charge in [0, 0.05) is 36.4 Å². The Kier molecular flexibility index (Phi) is 6.21. The van der Waals surface area contributed by atoms with Crippen LogP contribution in [0.3, 0.4) is 0 Å². The zero-order valence-electron chi connectivity index (χ0n) is 13.9. The molecule has 0 atom stereocenters. The lowest BCUT2D eigenvalue weighted by Gasteiger charge is -2.32. The van der Waals surface area contributed by atoms with Crippen LogP contribution in [0.5, 0.6) is 0 Å². The highest BCUT2D eigenvalue weighted by Gasteiger charge is 2.22. The molecular formula is C17H19F2N5OS. The van der Waals surface area contributed by atoms with Gasteiger partial charge in [-0.1, -0.05) is 23.9 Å². The average molecular weight is 379 g/mol. The third-order valence-electron chi connectivity index (χ3n) is 4.02. The molecule has 26 heavy (non-hydrogen) atoms. The van der Waals surface area contributed by atoms with Gasteiger partial charge in [0.25, 0.3) is 5.76 Å². The highest BCUT2D eigenvalue weighted by molar-refractivity contribution is 7.99. The molecule has 1 aromatic carbocycles. The van der Waals surface area contributed by atoms with Gasteiger partial charge >= 0.3 is 6.03 Å². The van der Waals surface area contributed by atoms with Gasteiger partial charge in [-0.25, -0.2) is 14.8 Å². The fourth-order valence-electron chi connectivity index (χ4n) is 2.79. The van der Waals surface area contributed by atoms with Gasteiger partial charge in [-0.05, 0) is 31.0 Å². The van der Waals surface area contributed by atoms with Gasteiger partial charge in [0.1, 0.15) is 0 Å². The predicted octanol–water partition coefficient (Wildman–Crippen LogP) is 3.58. The normalized spacial score (nSPS) is 15.1. The van der Waals surface area contributed by atoms with Crippen molar-refractivity contribution in [3.8, 4) is 0 Å². The summed E-state index contributed by atoms with van der Waals surface area (Å²) in [5, 5.41) is 5.57. The van der Waals surface area contributed by atoms with E-state index in [0.717, 1.165) is 25.9 Å². The van der Waals surface area contributed by atoms with Crippen LogP contribution < -0.4 is 15.5 Å². The molecule has 1 aromatic heterocycles. The van der Waals surface area contributed by atoms with E-state index in [2.05, 4.69) is 25.5 Å². The molecule has 2 N–H and O–H groups in total. The van der Waals surface area contributed by atoms with Gasteiger partial charge in [-0.15, -0.1) is 0 Å². The minimum absolute atomic E-state index is 0.0184. The third-order valence-corrected chi connectivity index (χ3v) is 4.80. The van der Waals surface area contributed by atoms with E-state index in [-0.39, 0.29) is 12.1 Å². The standard InChI is InChI=1S/C17H19F2N5OS/c18-15(19)26-14-5-2-1-4-13(14)23-17(25)22-12-6-10-24(11-7-12)16-20-8-3-9-21-16/h1-5,8-9,12,15H,6-7,10-11H2,(H2,22,23,25). The zero-order valence-corrected chi connectivity index (χ0v) is 14.8. The van der Waals surface area contributed by atoms with Gasteiger partial charge in [-0.2, -0.15) is 8.78 Å². The lowest BCUT2D eigenvalue weighted by molar-refractivity contribution is 0.245. The molecule has 0 bridgehead atoms. The van der Waals surface area contributed by atoms with Crippen molar-refractivity contribution in [2.75, 3.05) is 23.3 Å². The number of benzene rings is 1. The van der Waals surface area contributed by atoms with Crippen LogP contribution in [0.15, 0.2) is 47.6 Å². The molecule has 2 heterocycles. The molecule has 0 radical (unpaired) electrons. The quantitative estimate of drug-likeness (QED) is 0.777. The summed E-state index contributed by atoms with van der Waals surface area (Å²) in [6.45, 7) is 1.49. The van der Waals surface area contributed by atoms with Gasteiger partial charge in [0.2, 0.25) is 5.95 Å².